The van der Waals surface area contributed by atoms with E-state index in [4.69, 9.17) is 14.6 Å². The fourth-order valence-corrected chi connectivity index (χ4v) is 2.06. The number of benzene rings is 1. The van der Waals surface area contributed by atoms with E-state index in [0.29, 0.717) is 5.69 Å². The van der Waals surface area contributed by atoms with Crippen molar-refractivity contribution in [3.63, 3.8) is 0 Å². The fourth-order valence-electron chi connectivity index (χ4n) is 2.06. The molecule has 21 heavy (non-hydrogen) atoms. The molecule has 1 aromatic carbocycles. The number of para-hydroxylation sites is 1. The Hall–Kier alpha value is -1.51. The van der Waals surface area contributed by atoms with Crippen molar-refractivity contribution in [2.45, 2.75) is 31.0 Å². The van der Waals surface area contributed by atoms with Crippen LogP contribution in [0.3, 0.4) is 0 Å². The smallest absolute Gasteiger partial charge is 0.250 e. The van der Waals surface area contributed by atoms with Gasteiger partial charge in [0.05, 0.1) is 12.7 Å². The molecular weight excluding hydrogens is 278 g/mol. The lowest BCUT2D eigenvalue weighted by molar-refractivity contribution is -0.255. The highest BCUT2D eigenvalue weighted by Crippen LogP contribution is 2.21. The second-order valence-corrected chi connectivity index (χ2v) is 4.81. The standard InChI is InChI=1S/C14H19NO6/c16-7-11-14(19)10(17)6-13(21-11)20-8-12(18)15-9-4-2-1-3-5-9/h1-5,10-11,13-14,16-17,19H,6-8H2,(H,15,18)/t10-,11-,13+,14-/m1/s1. The summed E-state index contributed by atoms with van der Waals surface area (Å²) in [6.45, 7) is -0.686. The Morgan fingerprint density at radius 3 is 2.71 bits per heavy atom. The number of rotatable bonds is 5. The average molecular weight is 297 g/mol. The van der Waals surface area contributed by atoms with Crippen molar-refractivity contribution in [1.82, 2.24) is 0 Å². The maximum absolute atomic E-state index is 11.7. The largest absolute Gasteiger partial charge is 0.394 e. The molecule has 1 aliphatic heterocycles. The first-order chi connectivity index (χ1) is 10.1. The van der Waals surface area contributed by atoms with Gasteiger partial charge < -0.3 is 30.1 Å². The molecule has 4 atom stereocenters. The van der Waals surface area contributed by atoms with Crippen LogP contribution >= 0.6 is 0 Å². The molecule has 7 nitrogen and oxygen atoms in total. The first-order valence-electron chi connectivity index (χ1n) is 6.69. The average Bonchev–Trinajstić information content (AvgIpc) is 2.49. The third kappa shape index (κ3) is 4.48. The van der Waals surface area contributed by atoms with E-state index in [1.807, 2.05) is 6.07 Å². The lowest BCUT2D eigenvalue weighted by Gasteiger charge is -2.35. The predicted octanol–water partition coefficient (Wildman–Crippen LogP) is -0.529. The number of amides is 1. The van der Waals surface area contributed by atoms with Crippen LogP contribution in [0.5, 0.6) is 0 Å². The van der Waals surface area contributed by atoms with Crippen LogP contribution in [-0.4, -0.2) is 59.0 Å². The molecule has 1 saturated heterocycles. The minimum Gasteiger partial charge on any atom is -0.394 e. The Labute approximate surface area is 122 Å². The molecule has 0 aromatic heterocycles. The van der Waals surface area contributed by atoms with Crippen LogP contribution in [0.25, 0.3) is 0 Å². The first-order valence-corrected chi connectivity index (χ1v) is 6.69. The van der Waals surface area contributed by atoms with E-state index >= 15 is 0 Å². The monoisotopic (exact) mass is 297 g/mol. The summed E-state index contributed by atoms with van der Waals surface area (Å²) in [4.78, 5) is 11.7. The number of nitrogens with one attached hydrogen (secondary N) is 1. The van der Waals surface area contributed by atoms with E-state index in [-0.39, 0.29) is 18.9 Å². The van der Waals surface area contributed by atoms with E-state index in [9.17, 15) is 15.0 Å². The van der Waals surface area contributed by atoms with Gasteiger partial charge in [0.2, 0.25) is 5.91 Å². The number of aliphatic hydroxyl groups excluding tert-OH is 3. The van der Waals surface area contributed by atoms with Gasteiger partial charge in [-0.05, 0) is 12.1 Å². The Bertz CT molecular complexity index is 454. The summed E-state index contributed by atoms with van der Waals surface area (Å²) >= 11 is 0. The molecule has 116 valence electrons. The zero-order valence-electron chi connectivity index (χ0n) is 11.4. The van der Waals surface area contributed by atoms with Crippen LogP contribution in [0, 0.1) is 0 Å². The molecule has 1 aliphatic rings. The third-order valence-corrected chi connectivity index (χ3v) is 3.17. The number of carbonyl (C=O) groups excluding carboxylic acids is 1. The van der Waals surface area contributed by atoms with Crippen molar-refractivity contribution in [3.8, 4) is 0 Å². The Kier molecular flexibility index (Phi) is 5.66. The van der Waals surface area contributed by atoms with Gasteiger partial charge in [-0.2, -0.15) is 0 Å². The topological polar surface area (TPSA) is 108 Å². The molecule has 0 spiro atoms. The SMILES string of the molecule is O=C(CO[C@@H]1C[C@@H](O)[C@@H](O)[C@@H](CO)O1)Nc1ccccc1. The molecule has 0 radical (unpaired) electrons. The van der Waals surface area contributed by atoms with Crippen LogP contribution in [0.1, 0.15) is 6.42 Å². The second-order valence-electron chi connectivity index (χ2n) is 4.81. The van der Waals surface area contributed by atoms with E-state index in [1.54, 1.807) is 24.3 Å². The van der Waals surface area contributed by atoms with Crippen molar-refractivity contribution in [3.05, 3.63) is 30.3 Å². The zero-order chi connectivity index (χ0) is 15.2. The van der Waals surface area contributed by atoms with E-state index in [1.165, 1.54) is 0 Å². The summed E-state index contributed by atoms with van der Waals surface area (Å²) in [7, 11) is 0. The van der Waals surface area contributed by atoms with E-state index in [0.717, 1.165) is 0 Å². The minimum absolute atomic E-state index is 0.0380. The third-order valence-electron chi connectivity index (χ3n) is 3.17. The summed E-state index contributed by atoms with van der Waals surface area (Å²) in [5.41, 5.74) is 0.652. The number of hydrogen-bond acceptors (Lipinski definition) is 6. The molecule has 1 amide bonds. The van der Waals surface area contributed by atoms with E-state index < -0.39 is 31.2 Å². The number of ether oxygens (including phenoxy) is 2. The van der Waals surface area contributed by atoms with Crippen molar-refractivity contribution in [2.24, 2.45) is 0 Å². The van der Waals surface area contributed by atoms with Crippen molar-refractivity contribution < 1.29 is 29.6 Å². The van der Waals surface area contributed by atoms with Crippen molar-refractivity contribution in [2.75, 3.05) is 18.5 Å². The van der Waals surface area contributed by atoms with Gasteiger partial charge in [-0.3, -0.25) is 4.79 Å². The lowest BCUT2D eigenvalue weighted by Crippen LogP contribution is -2.50. The van der Waals surface area contributed by atoms with Crippen molar-refractivity contribution in [1.29, 1.82) is 0 Å². The van der Waals surface area contributed by atoms with Crippen LogP contribution in [0.4, 0.5) is 5.69 Å². The van der Waals surface area contributed by atoms with E-state index in [2.05, 4.69) is 5.32 Å². The quantitative estimate of drug-likeness (QED) is 0.582. The van der Waals surface area contributed by atoms with Gasteiger partial charge in [0.1, 0.15) is 18.8 Å². The molecule has 1 aromatic rings. The zero-order valence-corrected chi connectivity index (χ0v) is 11.4. The number of hydrogen-bond donors (Lipinski definition) is 4. The molecule has 0 aliphatic carbocycles. The van der Waals surface area contributed by atoms with Crippen LogP contribution in [-0.2, 0) is 14.3 Å². The normalized spacial score (nSPS) is 29.1. The van der Waals surface area contributed by atoms with Gasteiger partial charge >= 0.3 is 0 Å². The van der Waals surface area contributed by atoms with Gasteiger partial charge in [-0.25, -0.2) is 0 Å². The Balaban J connectivity index is 1.78. The predicted molar refractivity (Wildman–Crippen MR) is 73.4 cm³/mol. The molecule has 1 heterocycles. The highest BCUT2D eigenvalue weighted by molar-refractivity contribution is 5.91. The molecule has 0 saturated carbocycles. The van der Waals surface area contributed by atoms with Crippen LogP contribution < -0.4 is 5.32 Å². The molecule has 2 rings (SSSR count). The van der Waals surface area contributed by atoms with Crippen molar-refractivity contribution >= 4 is 11.6 Å². The maximum Gasteiger partial charge on any atom is 0.250 e. The molecule has 0 bridgehead atoms. The lowest BCUT2D eigenvalue weighted by atomic mass is 10.0. The first kappa shape index (κ1) is 15.9. The second kappa shape index (κ2) is 7.48. The highest BCUT2D eigenvalue weighted by atomic mass is 16.7. The van der Waals surface area contributed by atoms with Gasteiger partial charge in [0.25, 0.3) is 0 Å². The summed E-state index contributed by atoms with van der Waals surface area (Å²) < 4.78 is 10.5. The fraction of sp³-hybridized carbons (Fsp3) is 0.500. The Morgan fingerprint density at radius 2 is 2.05 bits per heavy atom. The summed E-state index contributed by atoms with van der Waals surface area (Å²) in [5.74, 6) is -0.356. The molecule has 7 heteroatoms. The number of anilines is 1. The van der Waals surface area contributed by atoms with Crippen LogP contribution in [0.2, 0.25) is 0 Å². The molecule has 4 N–H and O–H groups in total. The molecule has 1 fully saturated rings. The Morgan fingerprint density at radius 1 is 1.33 bits per heavy atom. The number of carbonyl (C=O) groups is 1. The summed E-state index contributed by atoms with van der Waals surface area (Å²) in [6, 6.07) is 8.92. The maximum atomic E-state index is 11.7. The summed E-state index contributed by atoms with van der Waals surface area (Å²) in [5, 5.41) is 30.9. The molecule has 0 unspecified atom stereocenters. The van der Waals surface area contributed by atoms with Gasteiger partial charge in [0.15, 0.2) is 6.29 Å². The van der Waals surface area contributed by atoms with Gasteiger partial charge in [0, 0.05) is 12.1 Å². The van der Waals surface area contributed by atoms with Gasteiger partial charge in [-0.15, -0.1) is 0 Å². The highest BCUT2D eigenvalue weighted by Gasteiger charge is 2.36. The van der Waals surface area contributed by atoms with Crippen LogP contribution in [0.15, 0.2) is 30.3 Å². The molecular formula is C14H19NO6. The van der Waals surface area contributed by atoms with Gasteiger partial charge in [-0.1, -0.05) is 18.2 Å². The summed E-state index contributed by atoms with van der Waals surface area (Å²) in [6.07, 6.45) is -3.94. The number of aliphatic hydroxyl groups is 3. The minimum atomic E-state index is -1.16.